The minimum absolute atomic E-state index is 0.123. The van der Waals surface area contributed by atoms with Gasteiger partial charge < -0.3 is 10.2 Å². The molecule has 0 spiro atoms. The van der Waals surface area contributed by atoms with Crippen LogP contribution in [0.1, 0.15) is 11.1 Å². The van der Waals surface area contributed by atoms with Crippen LogP contribution in [0.3, 0.4) is 0 Å². The smallest absolute Gasteiger partial charge is 0.308 e. The van der Waals surface area contributed by atoms with Gasteiger partial charge in [0.05, 0.1) is 18.1 Å². The van der Waals surface area contributed by atoms with Crippen LogP contribution in [0.15, 0.2) is 17.0 Å². The number of rotatable bonds is 2. The third-order valence-electron chi connectivity index (χ3n) is 1.66. The summed E-state index contributed by atoms with van der Waals surface area (Å²) in [5, 5.41) is 26.6. The quantitative estimate of drug-likeness (QED) is 0.639. The molecular weight excluding hydrogens is 202 g/mol. The molecule has 0 bridgehead atoms. The number of thiol groups is 1. The zero-order valence-corrected chi connectivity index (χ0v) is 7.95. The molecule has 1 aromatic rings. The van der Waals surface area contributed by atoms with Crippen LogP contribution in [0, 0.1) is 11.3 Å². The maximum atomic E-state index is 10.4. The van der Waals surface area contributed by atoms with E-state index in [0.717, 1.165) is 0 Å². The summed E-state index contributed by atoms with van der Waals surface area (Å²) in [5.74, 6) is -1.31. The highest BCUT2D eigenvalue weighted by atomic mass is 32.1. The molecule has 72 valence electrons. The molecule has 0 aromatic heterocycles. The van der Waals surface area contributed by atoms with E-state index < -0.39 is 5.97 Å². The first kappa shape index (κ1) is 10.4. The molecule has 0 aliphatic heterocycles. The number of nitrogens with zero attached hydrogens (tertiary/aromatic N) is 1. The Morgan fingerprint density at radius 2 is 2.21 bits per heavy atom. The van der Waals surface area contributed by atoms with Crippen molar-refractivity contribution < 1.29 is 15.0 Å². The number of aromatic hydroxyl groups is 1. The zero-order chi connectivity index (χ0) is 10.7. The third-order valence-corrected chi connectivity index (χ3v) is 1.92. The van der Waals surface area contributed by atoms with E-state index in [2.05, 4.69) is 12.6 Å². The number of carbonyl (C=O) groups is 1. The number of carboxylic acids is 1. The lowest BCUT2D eigenvalue weighted by Gasteiger charge is -2.04. The van der Waals surface area contributed by atoms with Crippen LogP contribution < -0.4 is 0 Å². The molecule has 0 aliphatic rings. The Hall–Kier alpha value is -1.67. The Balaban J connectivity index is 3.27. The van der Waals surface area contributed by atoms with Gasteiger partial charge in [-0.1, -0.05) is 0 Å². The van der Waals surface area contributed by atoms with Crippen molar-refractivity contribution in [1.82, 2.24) is 0 Å². The van der Waals surface area contributed by atoms with Crippen molar-refractivity contribution >= 4 is 18.6 Å². The maximum Gasteiger partial charge on any atom is 0.308 e. The first-order chi connectivity index (χ1) is 6.54. The molecule has 0 heterocycles. The van der Waals surface area contributed by atoms with E-state index in [9.17, 15) is 9.90 Å². The second-order valence-electron chi connectivity index (χ2n) is 2.67. The molecule has 4 nitrogen and oxygen atoms in total. The Morgan fingerprint density at radius 1 is 1.57 bits per heavy atom. The average Bonchev–Trinajstić information content (AvgIpc) is 2.08. The molecule has 2 N–H and O–H groups in total. The fourth-order valence-corrected chi connectivity index (χ4v) is 1.33. The van der Waals surface area contributed by atoms with Crippen molar-refractivity contribution in [3.8, 4) is 11.8 Å². The first-order valence-corrected chi connectivity index (χ1v) is 4.16. The standard InChI is InChI=1S/C9H7NO3S/c10-4-5-1-6(14)2-8(11)7(5)3-9(12)13/h1-2,11,14H,3H2,(H,12,13). The van der Waals surface area contributed by atoms with Crippen LogP contribution in [0.2, 0.25) is 0 Å². The van der Waals surface area contributed by atoms with Crippen LogP contribution in [0.5, 0.6) is 5.75 Å². The summed E-state index contributed by atoms with van der Waals surface area (Å²) in [4.78, 5) is 10.9. The van der Waals surface area contributed by atoms with Crippen LogP contribution >= 0.6 is 12.6 Å². The van der Waals surface area contributed by atoms with E-state index in [0.29, 0.717) is 4.90 Å². The number of phenols is 1. The fraction of sp³-hybridized carbons (Fsp3) is 0.111. The lowest BCUT2D eigenvalue weighted by molar-refractivity contribution is -0.136. The van der Waals surface area contributed by atoms with E-state index in [1.807, 2.05) is 6.07 Å². The van der Waals surface area contributed by atoms with Crippen molar-refractivity contribution in [1.29, 1.82) is 5.26 Å². The number of aliphatic carboxylic acids is 1. The second kappa shape index (κ2) is 4.03. The van der Waals surface area contributed by atoms with Crippen molar-refractivity contribution in [2.24, 2.45) is 0 Å². The first-order valence-electron chi connectivity index (χ1n) is 3.71. The van der Waals surface area contributed by atoms with Crippen LogP contribution in [-0.4, -0.2) is 16.2 Å². The summed E-state index contributed by atoms with van der Waals surface area (Å²) in [6.07, 6.45) is -0.372. The van der Waals surface area contributed by atoms with Gasteiger partial charge in [-0.3, -0.25) is 4.79 Å². The minimum atomic E-state index is -1.09. The van der Waals surface area contributed by atoms with Crippen molar-refractivity contribution in [2.75, 3.05) is 0 Å². The number of hydrogen-bond donors (Lipinski definition) is 3. The van der Waals surface area contributed by atoms with Gasteiger partial charge in [-0.15, -0.1) is 12.6 Å². The monoisotopic (exact) mass is 209 g/mol. The highest BCUT2D eigenvalue weighted by molar-refractivity contribution is 7.80. The molecule has 5 heteroatoms. The molecular formula is C9H7NO3S. The molecule has 0 radical (unpaired) electrons. The van der Waals surface area contributed by atoms with Gasteiger partial charge >= 0.3 is 5.97 Å². The molecule has 0 saturated heterocycles. The molecule has 14 heavy (non-hydrogen) atoms. The summed E-state index contributed by atoms with van der Waals surface area (Å²) in [6, 6.07) is 4.54. The maximum absolute atomic E-state index is 10.4. The van der Waals surface area contributed by atoms with E-state index in [1.165, 1.54) is 12.1 Å². The van der Waals surface area contributed by atoms with Gasteiger partial charge in [0, 0.05) is 10.5 Å². The number of phenolic OH excluding ortho intramolecular Hbond substituents is 1. The van der Waals surface area contributed by atoms with Crippen LogP contribution in [0.4, 0.5) is 0 Å². The average molecular weight is 209 g/mol. The van der Waals surface area contributed by atoms with Crippen LogP contribution in [0.25, 0.3) is 0 Å². The van der Waals surface area contributed by atoms with Crippen molar-refractivity contribution in [2.45, 2.75) is 11.3 Å². The molecule has 0 unspecified atom stereocenters. The van der Waals surface area contributed by atoms with E-state index in [1.54, 1.807) is 0 Å². The normalized spacial score (nSPS) is 9.43. The fourth-order valence-electron chi connectivity index (χ4n) is 1.08. The lowest BCUT2D eigenvalue weighted by atomic mass is 10.0. The molecule has 0 atom stereocenters. The van der Waals surface area contributed by atoms with Gasteiger partial charge in [-0.25, -0.2) is 0 Å². The van der Waals surface area contributed by atoms with Gasteiger partial charge in [-0.2, -0.15) is 5.26 Å². The molecule has 1 rings (SSSR count). The number of nitriles is 1. The topological polar surface area (TPSA) is 81.3 Å². The Morgan fingerprint density at radius 3 is 2.71 bits per heavy atom. The highest BCUT2D eigenvalue weighted by Gasteiger charge is 2.12. The van der Waals surface area contributed by atoms with Gasteiger partial charge in [0.15, 0.2) is 0 Å². The second-order valence-corrected chi connectivity index (χ2v) is 3.19. The molecule has 0 saturated carbocycles. The van der Waals surface area contributed by atoms with E-state index in [-0.39, 0.29) is 23.3 Å². The van der Waals surface area contributed by atoms with Gasteiger partial charge in [0.2, 0.25) is 0 Å². The summed E-state index contributed by atoms with van der Waals surface area (Å²) in [7, 11) is 0. The summed E-state index contributed by atoms with van der Waals surface area (Å²) < 4.78 is 0. The van der Waals surface area contributed by atoms with Crippen LogP contribution in [-0.2, 0) is 11.2 Å². The zero-order valence-electron chi connectivity index (χ0n) is 7.06. The number of benzene rings is 1. The van der Waals surface area contributed by atoms with Crippen molar-refractivity contribution in [3.05, 3.63) is 23.3 Å². The lowest BCUT2D eigenvalue weighted by Crippen LogP contribution is -2.02. The Kier molecular flexibility index (Phi) is 2.99. The van der Waals surface area contributed by atoms with Gasteiger partial charge in [-0.05, 0) is 12.1 Å². The summed E-state index contributed by atoms with van der Waals surface area (Å²) in [5.41, 5.74) is 0.259. The van der Waals surface area contributed by atoms with Gasteiger partial charge in [0.1, 0.15) is 5.75 Å². The minimum Gasteiger partial charge on any atom is -0.508 e. The predicted molar refractivity (Wildman–Crippen MR) is 51.4 cm³/mol. The van der Waals surface area contributed by atoms with E-state index in [4.69, 9.17) is 10.4 Å². The van der Waals surface area contributed by atoms with Gasteiger partial charge in [0.25, 0.3) is 0 Å². The molecule has 0 fully saturated rings. The largest absolute Gasteiger partial charge is 0.508 e. The summed E-state index contributed by atoms with van der Waals surface area (Å²) >= 11 is 3.96. The molecule has 0 aliphatic carbocycles. The number of hydrogen-bond acceptors (Lipinski definition) is 4. The highest BCUT2D eigenvalue weighted by Crippen LogP contribution is 2.25. The Labute approximate surface area is 85.8 Å². The summed E-state index contributed by atoms with van der Waals surface area (Å²) in [6.45, 7) is 0. The van der Waals surface area contributed by atoms with Crippen molar-refractivity contribution in [3.63, 3.8) is 0 Å². The molecule has 1 aromatic carbocycles. The van der Waals surface area contributed by atoms with E-state index >= 15 is 0 Å². The molecule has 0 amide bonds. The predicted octanol–water partition coefficient (Wildman–Crippen LogP) is 1.18. The number of carboxylic acid groups (broad SMARTS) is 1. The Bertz CT molecular complexity index is 423. The SMILES string of the molecule is N#Cc1cc(S)cc(O)c1CC(=O)O. The third kappa shape index (κ3) is 2.18.